The van der Waals surface area contributed by atoms with E-state index in [9.17, 15) is 18.4 Å². The summed E-state index contributed by atoms with van der Waals surface area (Å²) in [6, 6.07) is 6.08. The molecule has 2 N–H and O–H groups in total. The third-order valence-electron chi connectivity index (χ3n) is 2.48. The Bertz CT molecular complexity index is 482. The number of alkyl halides is 2. The number of hydrogen-bond donors (Lipinski definition) is 2. The monoisotopic (exact) mass is 303 g/mol. The molecule has 0 aliphatic carbocycles. The lowest BCUT2D eigenvalue weighted by atomic mass is 10.1. The fourth-order valence-corrected chi connectivity index (χ4v) is 2.22. The zero-order valence-corrected chi connectivity index (χ0v) is 11.6. The second kappa shape index (κ2) is 7.84. The molecule has 0 aliphatic heterocycles. The van der Waals surface area contributed by atoms with Crippen molar-refractivity contribution < 1.29 is 23.5 Å². The minimum atomic E-state index is -2.60. The van der Waals surface area contributed by atoms with E-state index >= 15 is 0 Å². The number of rotatable bonds is 7. The number of aliphatic carboxylic acids is 1. The highest BCUT2D eigenvalue weighted by Gasteiger charge is 2.16. The van der Waals surface area contributed by atoms with Gasteiger partial charge in [-0.1, -0.05) is 30.8 Å². The van der Waals surface area contributed by atoms with E-state index in [4.69, 9.17) is 5.11 Å². The second-order valence-corrected chi connectivity index (χ2v) is 5.32. The number of halogens is 2. The molecule has 0 heterocycles. The molecule has 0 aromatic heterocycles. The Morgan fingerprint density at radius 3 is 2.60 bits per heavy atom. The standard InChI is InChI=1S/C13H15F2NO3S/c1-8(6-11(17)18)7-16-12(19)9-4-2-3-5-10(9)20-13(14)15/h2-5,8,13H,6-7H2,1H3,(H,16,19)(H,17,18). The van der Waals surface area contributed by atoms with Gasteiger partial charge >= 0.3 is 5.97 Å². The van der Waals surface area contributed by atoms with Crippen molar-refractivity contribution in [2.45, 2.75) is 24.0 Å². The lowest BCUT2D eigenvalue weighted by molar-refractivity contribution is -0.137. The molecule has 0 spiro atoms. The third kappa shape index (κ3) is 5.56. The molecule has 4 nitrogen and oxygen atoms in total. The lowest BCUT2D eigenvalue weighted by Gasteiger charge is -2.12. The number of nitrogens with one attached hydrogen (secondary N) is 1. The highest BCUT2D eigenvalue weighted by atomic mass is 32.2. The molecule has 0 bridgehead atoms. The second-order valence-electron chi connectivity index (χ2n) is 4.29. The van der Waals surface area contributed by atoms with Crippen LogP contribution in [-0.2, 0) is 4.79 Å². The molecule has 0 radical (unpaired) electrons. The molecule has 1 aromatic carbocycles. The van der Waals surface area contributed by atoms with Crippen molar-refractivity contribution in [3.05, 3.63) is 29.8 Å². The van der Waals surface area contributed by atoms with Crippen LogP contribution in [0, 0.1) is 5.92 Å². The zero-order chi connectivity index (χ0) is 15.1. The number of carboxylic acids is 1. The normalized spacial score (nSPS) is 12.2. The van der Waals surface area contributed by atoms with Crippen molar-refractivity contribution in [2.75, 3.05) is 6.54 Å². The Morgan fingerprint density at radius 1 is 1.35 bits per heavy atom. The van der Waals surface area contributed by atoms with E-state index in [1.165, 1.54) is 12.1 Å². The van der Waals surface area contributed by atoms with E-state index in [1.807, 2.05) is 0 Å². The van der Waals surface area contributed by atoms with Gasteiger partial charge in [-0.2, -0.15) is 8.78 Å². The molecule has 110 valence electrons. The Balaban J connectivity index is 2.65. The van der Waals surface area contributed by atoms with Gasteiger partial charge in [-0.25, -0.2) is 0 Å². The van der Waals surface area contributed by atoms with Gasteiger partial charge < -0.3 is 10.4 Å². The fourth-order valence-electron chi connectivity index (χ4n) is 1.59. The first-order valence-electron chi connectivity index (χ1n) is 5.94. The summed E-state index contributed by atoms with van der Waals surface area (Å²) in [7, 11) is 0. The topological polar surface area (TPSA) is 66.4 Å². The molecule has 7 heteroatoms. The molecule has 1 aromatic rings. The minimum Gasteiger partial charge on any atom is -0.481 e. The van der Waals surface area contributed by atoms with E-state index in [2.05, 4.69) is 5.32 Å². The number of carbonyl (C=O) groups is 2. The number of amides is 1. The van der Waals surface area contributed by atoms with Crippen molar-refractivity contribution in [1.29, 1.82) is 0 Å². The number of thioether (sulfide) groups is 1. The Kier molecular flexibility index (Phi) is 6.44. The molecule has 20 heavy (non-hydrogen) atoms. The van der Waals surface area contributed by atoms with Gasteiger partial charge in [-0.15, -0.1) is 0 Å². The smallest absolute Gasteiger partial charge is 0.303 e. The first-order chi connectivity index (χ1) is 9.40. The maximum atomic E-state index is 12.4. The fraction of sp³-hybridized carbons (Fsp3) is 0.385. The summed E-state index contributed by atoms with van der Waals surface area (Å²) in [6.07, 6.45) is -0.0618. The molecule has 1 rings (SSSR count). The van der Waals surface area contributed by atoms with Crippen LogP contribution in [0.5, 0.6) is 0 Å². The molecular weight excluding hydrogens is 288 g/mol. The van der Waals surface area contributed by atoms with E-state index in [-0.39, 0.29) is 29.3 Å². The van der Waals surface area contributed by atoms with Gasteiger partial charge in [0.15, 0.2) is 0 Å². The van der Waals surface area contributed by atoms with Crippen LogP contribution in [0.3, 0.4) is 0 Å². The van der Waals surface area contributed by atoms with Gasteiger partial charge in [0.1, 0.15) is 0 Å². The van der Waals surface area contributed by atoms with Gasteiger partial charge in [0.05, 0.1) is 5.56 Å². The van der Waals surface area contributed by atoms with Crippen LogP contribution in [0.25, 0.3) is 0 Å². The first-order valence-corrected chi connectivity index (χ1v) is 6.82. The summed E-state index contributed by atoms with van der Waals surface area (Å²) in [5.41, 5.74) is 0.167. The quantitative estimate of drug-likeness (QED) is 0.760. The van der Waals surface area contributed by atoms with Gasteiger partial charge in [0.2, 0.25) is 0 Å². The molecule has 1 atom stereocenters. The summed E-state index contributed by atoms with van der Waals surface area (Å²) in [4.78, 5) is 22.6. The molecule has 1 unspecified atom stereocenters. The van der Waals surface area contributed by atoms with Crippen molar-refractivity contribution in [1.82, 2.24) is 5.32 Å². The number of carbonyl (C=O) groups excluding carboxylic acids is 1. The van der Waals surface area contributed by atoms with Gasteiger partial charge in [0, 0.05) is 17.9 Å². The SMILES string of the molecule is CC(CNC(=O)c1ccccc1SC(F)F)CC(=O)O. The predicted molar refractivity (Wildman–Crippen MR) is 72.1 cm³/mol. The van der Waals surface area contributed by atoms with E-state index in [0.717, 1.165) is 0 Å². The van der Waals surface area contributed by atoms with E-state index in [1.54, 1.807) is 19.1 Å². The minimum absolute atomic E-state index is 0.0618. The van der Waals surface area contributed by atoms with Crippen molar-refractivity contribution in [3.8, 4) is 0 Å². The number of benzene rings is 1. The molecule has 0 fully saturated rings. The average molecular weight is 303 g/mol. The van der Waals surface area contributed by atoms with Crippen LogP contribution < -0.4 is 5.32 Å². The van der Waals surface area contributed by atoms with E-state index < -0.39 is 17.6 Å². The van der Waals surface area contributed by atoms with Crippen LogP contribution in [0.1, 0.15) is 23.7 Å². The Hall–Kier alpha value is -1.63. The van der Waals surface area contributed by atoms with Crippen LogP contribution in [0.2, 0.25) is 0 Å². The predicted octanol–water partition coefficient (Wildman–Crippen LogP) is 2.84. The highest BCUT2D eigenvalue weighted by molar-refractivity contribution is 7.99. The maximum Gasteiger partial charge on any atom is 0.303 e. The average Bonchev–Trinajstić information content (AvgIpc) is 2.35. The van der Waals surface area contributed by atoms with Crippen LogP contribution in [0.15, 0.2) is 29.2 Å². The number of hydrogen-bond acceptors (Lipinski definition) is 3. The molecule has 0 saturated heterocycles. The van der Waals surface area contributed by atoms with Crippen LogP contribution in [-0.4, -0.2) is 29.3 Å². The van der Waals surface area contributed by atoms with Crippen molar-refractivity contribution in [3.63, 3.8) is 0 Å². The summed E-state index contributed by atoms with van der Waals surface area (Å²) < 4.78 is 24.8. The summed E-state index contributed by atoms with van der Waals surface area (Å²) in [5.74, 6) is -4.26. The summed E-state index contributed by atoms with van der Waals surface area (Å²) in [5, 5.41) is 11.2. The lowest BCUT2D eigenvalue weighted by Crippen LogP contribution is -2.29. The van der Waals surface area contributed by atoms with Crippen LogP contribution in [0.4, 0.5) is 8.78 Å². The van der Waals surface area contributed by atoms with Gasteiger partial charge in [-0.3, -0.25) is 9.59 Å². The maximum absolute atomic E-state index is 12.4. The molecule has 0 saturated carbocycles. The largest absolute Gasteiger partial charge is 0.481 e. The molecular formula is C13H15F2NO3S. The Labute approximate surface area is 119 Å². The van der Waals surface area contributed by atoms with Crippen molar-refractivity contribution in [2.24, 2.45) is 5.92 Å². The number of carboxylic acid groups (broad SMARTS) is 1. The van der Waals surface area contributed by atoms with Gasteiger partial charge in [0.25, 0.3) is 11.7 Å². The molecule has 0 aliphatic rings. The summed E-state index contributed by atoms with van der Waals surface area (Å²) in [6.45, 7) is 1.87. The summed E-state index contributed by atoms with van der Waals surface area (Å²) >= 11 is 0.310. The molecule has 1 amide bonds. The Morgan fingerprint density at radius 2 is 2.00 bits per heavy atom. The van der Waals surface area contributed by atoms with E-state index in [0.29, 0.717) is 11.8 Å². The third-order valence-corrected chi connectivity index (χ3v) is 3.27. The van der Waals surface area contributed by atoms with Crippen LogP contribution >= 0.6 is 11.8 Å². The highest BCUT2D eigenvalue weighted by Crippen LogP contribution is 2.28. The zero-order valence-electron chi connectivity index (χ0n) is 10.8. The van der Waals surface area contributed by atoms with Gasteiger partial charge in [-0.05, 0) is 18.1 Å². The first kappa shape index (κ1) is 16.4. The van der Waals surface area contributed by atoms with Crippen molar-refractivity contribution >= 4 is 23.6 Å².